The number of epoxide rings is 1. The number of carbonyl (C=O) groups is 1. The van der Waals surface area contributed by atoms with E-state index in [9.17, 15) is 14.7 Å². The van der Waals surface area contributed by atoms with Gasteiger partial charge in [0.1, 0.15) is 17.8 Å². The van der Waals surface area contributed by atoms with E-state index in [4.69, 9.17) is 13.9 Å². The van der Waals surface area contributed by atoms with E-state index in [1.165, 1.54) is 6.07 Å². The van der Waals surface area contributed by atoms with Crippen LogP contribution in [0.15, 0.2) is 27.6 Å². The van der Waals surface area contributed by atoms with Gasteiger partial charge in [-0.3, -0.25) is 4.79 Å². The molecule has 6 heteroatoms. The van der Waals surface area contributed by atoms with E-state index in [0.717, 1.165) is 50.5 Å². The highest BCUT2D eigenvalue weighted by molar-refractivity contribution is 5.69. The van der Waals surface area contributed by atoms with Gasteiger partial charge in [0.2, 0.25) is 0 Å². The molecular weight excluding hydrogens is 420 g/mol. The van der Waals surface area contributed by atoms with Crippen LogP contribution in [0.3, 0.4) is 0 Å². The van der Waals surface area contributed by atoms with Crippen LogP contribution in [0.4, 0.5) is 0 Å². The minimum atomic E-state index is -0.366. The van der Waals surface area contributed by atoms with E-state index in [1.807, 2.05) is 13.0 Å². The second-order valence-corrected chi connectivity index (χ2v) is 11.9. The smallest absolute Gasteiger partial charge is 0.335 e. The number of carbonyl (C=O) groups excluding carboxylic acids is 1. The Kier molecular flexibility index (Phi) is 4.75. The summed E-state index contributed by atoms with van der Waals surface area (Å²) in [6.07, 6.45) is 8.56. The normalized spacial score (nSPS) is 49.9. The van der Waals surface area contributed by atoms with Crippen LogP contribution in [-0.4, -0.2) is 35.0 Å². The van der Waals surface area contributed by atoms with Crippen molar-refractivity contribution in [2.45, 2.75) is 102 Å². The topological polar surface area (TPSA) is 89.3 Å². The predicted molar refractivity (Wildman–Crippen MR) is 121 cm³/mol. The molecule has 0 aromatic carbocycles. The fraction of sp³-hybridized carbons (Fsp3) is 0.778. The van der Waals surface area contributed by atoms with Crippen molar-refractivity contribution >= 4 is 5.97 Å². The molecule has 33 heavy (non-hydrogen) atoms. The van der Waals surface area contributed by atoms with E-state index >= 15 is 0 Å². The Labute approximate surface area is 195 Å². The van der Waals surface area contributed by atoms with Gasteiger partial charge in [-0.2, -0.15) is 0 Å². The molecule has 10 atom stereocenters. The molecule has 1 N–H and O–H groups in total. The molecule has 5 aliphatic rings. The maximum Gasteiger partial charge on any atom is 0.335 e. The van der Waals surface area contributed by atoms with E-state index in [0.29, 0.717) is 24.2 Å². The lowest BCUT2D eigenvalue weighted by atomic mass is 9.44. The average Bonchev–Trinajstić information content (AvgIpc) is 3.50. The van der Waals surface area contributed by atoms with E-state index in [-0.39, 0.29) is 52.3 Å². The summed E-state index contributed by atoms with van der Waals surface area (Å²) in [6, 6.07) is 3.32. The fourth-order valence-corrected chi connectivity index (χ4v) is 9.14. The largest absolute Gasteiger partial charge is 0.459 e. The lowest BCUT2D eigenvalue weighted by Gasteiger charge is -2.61. The van der Waals surface area contributed by atoms with Crippen LogP contribution < -0.4 is 5.63 Å². The van der Waals surface area contributed by atoms with Gasteiger partial charge in [-0.05, 0) is 79.7 Å². The lowest BCUT2D eigenvalue weighted by Crippen LogP contribution is -2.58. The molecule has 4 aliphatic carbocycles. The van der Waals surface area contributed by atoms with Gasteiger partial charge in [0, 0.05) is 23.8 Å². The highest BCUT2D eigenvalue weighted by Gasteiger charge is 2.84. The van der Waals surface area contributed by atoms with Crippen molar-refractivity contribution in [1.82, 2.24) is 0 Å². The quantitative estimate of drug-likeness (QED) is 0.542. The summed E-state index contributed by atoms with van der Waals surface area (Å²) in [5, 5.41) is 10.3. The van der Waals surface area contributed by atoms with E-state index < -0.39 is 0 Å². The number of esters is 1. The monoisotopic (exact) mass is 456 g/mol. The van der Waals surface area contributed by atoms with Crippen molar-refractivity contribution in [3.05, 3.63) is 34.4 Å². The zero-order chi connectivity index (χ0) is 23.2. The van der Waals surface area contributed by atoms with Gasteiger partial charge in [-0.1, -0.05) is 20.8 Å². The zero-order valence-electron chi connectivity index (χ0n) is 19.9. The molecular formula is C27H36O6. The summed E-state index contributed by atoms with van der Waals surface area (Å²) in [5.74, 6) is 1.33. The van der Waals surface area contributed by atoms with E-state index in [1.54, 1.807) is 6.26 Å². The molecule has 180 valence electrons. The lowest BCUT2D eigenvalue weighted by molar-refractivity contribution is -0.159. The summed E-state index contributed by atoms with van der Waals surface area (Å²) in [5.41, 5.74) is 0.325. The molecule has 0 amide bonds. The maximum atomic E-state index is 12.4. The van der Waals surface area contributed by atoms with Crippen LogP contribution in [0.5, 0.6) is 0 Å². The Morgan fingerprint density at radius 3 is 2.70 bits per heavy atom. The molecule has 2 heterocycles. The number of hydrogen-bond acceptors (Lipinski definition) is 6. The van der Waals surface area contributed by atoms with Crippen LogP contribution in [0, 0.1) is 28.6 Å². The number of rotatable bonds is 3. The highest BCUT2D eigenvalue weighted by Crippen LogP contribution is 2.78. The molecule has 1 aromatic rings. The Morgan fingerprint density at radius 1 is 1.15 bits per heavy atom. The van der Waals surface area contributed by atoms with Crippen molar-refractivity contribution < 1.29 is 23.8 Å². The van der Waals surface area contributed by atoms with Gasteiger partial charge in [0.25, 0.3) is 0 Å². The molecule has 4 saturated carbocycles. The third kappa shape index (κ3) is 2.80. The summed E-state index contributed by atoms with van der Waals surface area (Å²) in [4.78, 5) is 24.1. The standard InChI is InChI=1S/C27H36O6/c1-4-20(29)32-23-22(15-5-8-21(30)31-14-15)26(3)12-10-18-19(27(26)24(23)33-27)7-6-16-13-17(28)9-11-25(16,18)2/h5,8,14,16-19,22-24,28H,4,6-7,9-13H2,1-3H3/t16-,17+,18+,19-,22+,23-,24-,25+,26-,27-/m1/s1. The summed E-state index contributed by atoms with van der Waals surface area (Å²) in [6.45, 7) is 6.60. The molecule has 0 radical (unpaired) electrons. The van der Waals surface area contributed by atoms with E-state index in [2.05, 4.69) is 13.8 Å². The van der Waals surface area contributed by atoms with Gasteiger partial charge in [-0.25, -0.2) is 4.79 Å². The van der Waals surface area contributed by atoms with Gasteiger partial charge < -0.3 is 19.0 Å². The summed E-state index contributed by atoms with van der Waals surface area (Å²) >= 11 is 0. The first-order valence-corrected chi connectivity index (χ1v) is 12.9. The first-order chi connectivity index (χ1) is 15.7. The highest BCUT2D eigenvalue weighted by atomic mass is 16.7. The second-order valence-electron chi connectivity index (χ2n) is 11.9. The van der Waals surface area contributed by atoms with Gasteiger partial charge in [0.05, 0.1) is 12.4 Å². The van der Waals surface area contributed by atoms with Crippen LogP contribution in [0.2, 0.25) is 0 Å². The average molecular weight is 457 g/mol. The Bertz CT molecular complexity index is 998. The van der Waals surface area contributed by atoms with Crippen molar-refractivity contribution in [2.24, 2.45) is 28.6 Å². The molecule has 1 aromatic heterocycles. The number of ether oxygens (including phenoxy) is 2. The molecule has 5 fully saturated rings. The number of hydrogen-bond donors (Lipinski definition) is 1. The number of aliphatic hydroxyl groups is 1. The van der Waals surface area contributed by atoms with Crippen LogP contribution in [0.1, 0.15) is 83.6 Å². The SMILES string of the molecule is CCC(=O)O[C@H]1[C@H]2O[C@]23[C@@H]2CC[C@@H]4C[C@@H](O)CC[C@]4(C)[C@H]2CC[C@]3(C)[C@H]1c1ccc(=O)oc1. The van der Waals surface area contributed by atoms with Crippen molar-refractivity contribution in [2.75, 3.05) is 0 Å². The molecule has 1 spiro atoms. The van der Waals surface area contributed by atoms with Crippen molar-refractivity contribution in [3.8, 4) is 0 Å². The van der Waals surface area contributed by atoms with Gasteiger partial charge in [-0.15, -0.1) is 0 Å². The second kappa shape index (κ2) is 7.17. The third-order valence-corrected chi connectivity index (χ3v) is 10.7. The minimum Gasteiger partial charge on any atom is -0.459 e. The maximum absolute atomic E-state index is 12.4. The molecule has 0 unspecified atom stereocenters. The zero-order valence-corrected chi connectivity index (χ0v) is 19.9. The summed E-state index contributed by atoms with van der Waals surface area (Å²) in [7, 11) is 0. The van der Waals surface area contributed by atoms with Gasteiger partial charge >= 0.3 is 11.6 Å². The van der Waals surface area contributed by atoms with Crippen molar-refractivity contribution in [3.63, 3.8) is 0 Å². The third-order valence-electron chi connectivity index (χ3n) is 10.7. The molecule has 6 rings (SSSR count). The Balaban J connectivity index is 1.40. The number of aliphatic hydroxyl groups excluding tert-OH is 1. The van der Waals surface area contributed by atoms with Crippen LogP contribution >= 0.6 is 0 Å². The van der Waals surface area contributed by atoms with Crippen LogP contribution in [-0.2, 0) is 14.3 Å². The summed E-state index contributed by atoms with van der Waals surface area (Å²) < 4.78 is 18.0. The number of fused-ring (bicyclic) bond motifs is 3. The fourth-order valence-electron chi connectivity index (χ4n) is 9.14. The first-order valence-electron chi connectivity index (χ1n) is 12.9. The molecule has 6 nitrogen and oxygen atoms in total. The van der Waals surface area contributed by atoms with Crippen molar-refractivity contribution in [1.29, 1.82) is 0 Å². The Morgan fingerprint density at radius 2 is 1.97 bits per heavy atom. The Hall–Kier alpha value is -1.66. The molecule has 0 bridgehead atoms. The first kappa shape index (κ1) is 21.8. The molecule has 1 saturated heterocycles. The predicted octanol–water partition coefficient (Wildman–Crippen LogP) is 4.19. The molecule has 1 aliphatic heterocycles. The minimum absolute atomic E-state index is 0.0456. The van der Waals surface area contributed by atoms with Crippen LogP contribution in [0.25, 0.3) is 0 Å². The van der Waals surface area contributed by atoms with Gasteiger partial charge in [0.15, 0.2) is 0 Å².